The molecule has 24 heavy (non-hydrogen) atoms. The van der Waals surface area contributed by atoms with Gasteiger partial charge in [-0.15, -0.1) is 11.3 Å². The van der Waals surface area contributed by atoms with E-state index in [-0.39, 0.29) is 11.6 Å². The molecule has 3 aromatic carbocycles. The molecule has 0 saturated heterocycles. The molecule has 0 N–H and O–H groups in total. The molecule has 1 aromatic heterocycles. The summed E-state index contributed by atoms with van der Waals surface area (Å²) < 4.78 is 2.22. The van der Waals surface area contributed by atoms with Gasteiger partial charge in [0.15, 0.2) is 11.6 Å². The maximum Gasteiger partial charge on any atom is 0.178 e. The maximum atomic E-state index is 12.9. The van der Waals surface area contributed by atoms with Gasteiger partial charge in [-0.2, -0.15) is 0 Å². The number of fused-ring (bicyclic) bond motifs is 4. The van der Waals surface area contributed by atoms with E-state index in [1.807, 2.05) is 36.4 Å². The Bertz CT molecular complexity index is 1120. The first-order valence-electron chi connectivity index (χ1n) is 7.83. The third-order valence-electron chi connectivity index (χ3n) is 4.73. The lowest BCUT2D eigenvalue weighted by molar-refractivity contribution is 0.0891. The van der Waals surface area contributed by atoms with E-state index < -0.39 is 5.92 Å². The molecule has 0 unspecified atom stereocenters. The quantitative estimate of drug-likeness (QED) is 0.449. The van der Waals surface area contributed by atoms with Gasteiger partial charge in [0, 0.05) is 31.3 Å². The van der Waals surface area contributed by atoms with Crippen molar-refractivity contribution in [2.45, 2.75) is 5.92 Å². The minimum atomic E-state index is -0.709. The van der Waals surface area contributed by atoms with Gasteiger partial charge in [0.05, 0.1) is 0 Å². The van der Waals surface area contributed by atoms with Crippen LogP contribution in [0.4, 0.5) is 0 Å². The van der Waals surface area contributed by atoms with E-state index in [2.05, 4.69) is 18.2 Å². The van der Waals surface area contributed by atoms with Crippen LogP contribution in [0.15, 0.2) is 66.7 Å². The van der Waals surface area contributed by atoms with E-state index in [4.69, 9.17) is 0 Å². The molecule has 0 bridgehead atoms. The zero-order chi connectivity index (χ0) is 16.3. The van der Waals surface area contributed by atoms with Gasteiger partial charge in [-0.3, -0.25) is 9.59 Å². The van der Waals surface area contributed by atoms with Gasteiger partial charge in [0.1, 0.15) is 5.92 Å². The van der Waals surface area contributed by atoms with Crippen LogP contribution in [0, 0.1) is 0 Å². The monoisotopic (exact) mass is 328 g/mol. The van der Waals surface area contributed by atoms with Crippen molar-refractivity contribution < 1.29 is 9.59 Å². The van der Waals surface area contributed by atoms with E-state index in [1.165, 1.54) is 10.1 Å². The number of carbonyl (C=O) groups excluding carboxylic acids is 2. The summed E-state index contributed by atoms with van der Waals surface area (Å²) in [5.74, 6) is -0.875. The molecule has 1 aliphatic rings. The molecule has 0 radical (unpaired) electrons. The molecular formula is C21H12O2S. The Kier molecular flexibility index (Phi) is 2.76. The number of benzene rings is 3. The Hall–Kier alpha value is -2.78. The highest BCUT2D eigenvalue weighted by Gasteiger charge is 2.40. The molecule has 0 saturated carbocycles. The normalized spacial score (nSPS) is 14.7. The minimum absolute atomic E-state index is 0.0828. The fourth-order valence-electron chi connectivity index (χ4n) is 3.62. The first-order valence-corrected chi connectivity index (χ1v) is 8.65. The van der Waals surface area contributed by atoms with Gasteiger partial charge in [-0.1, -0.05) is 60.7 Å². The Morgan fingerprint density at radius 1 is 0.667 bits per heavy atom. The van der Waals surface area contributed by atoms with Crippen molar-refractivity contribution in [3.8, 4) is 0 Å². The highest BCUT2D eigenvalue weighted by Crippen LogP contribution is 2.42. The number of ketones is 2. The average molecular weight is 328 g/mol. The van der Waals surface area contributed by atoms with Crippen LogP contribution in [0.1, 0.15) is 32.2 Å². The van der Waals surface area contributed by atoms with E-state index in [1.54, 1.807) is 23.5 Å². The summed E-state index contributed by atoms with van der Waals surface area (Å²) in [6.45, 7) is 0. The van der Waals surface area contributed by atoms with Crippen LogP contribution >= 0.6 is 11.3 Å². The second kappa shape index (κ2) is 4.86. The minimum Gasteiger partial charge on any atom is -0.293 e. The number of Topliss-reactive ketones (excluding diaryl/α,β-unsaturated/α-hetero) is 2. The zero-order valence-electron chi connectivity index (χ0n) is 12.7. The van der Waals surface area contributed by atoms with Crippen LogP contribution in [0.25, 0.3) is 20.2 Å². The molecule has 0 aliphatic heterocycles. The van der Waals surface area contributed by atoms with Crippen LogP contribution in [-0.2, 0) is 0 Å². The fourth-order valence-corrected chi connectivity index (χ4v) is 4.87. The van der Waals surface area contributed by atoms with Crippen LogP contribution < -0.4 is 0 Å². The van der Waals surface area contributed by atoms with Crippen molar-refractivity contribution in [3.05, 3.63) is 83.4 Å². The van der Waals surface area contributed by atoms with E-state index in [0.717, 1.165) is 15.6 Å². The number of thiophene rings is 1. The predicted octanol–water partition coefficient (Wildman–Crippen LogP) is 5.22. The van der Waals surface area contributed by atoms with Crippen LogP contribution in [0.2, 0.25) is 0 Å². The first-order chi connectivity index (χ1) is 11.8. The topological polar surface area (TPSA) is 34.1 Å². The van der Waals surface area contributed by atoms with Gasteiger partial charge < -0.3 is 0 Å². The number of hydrogen-bond acceptors (Lipinski definition) is 3. The molecular weight excluding hydrogens is 316 g/mol. The zero-order valence-corrected chi connectivity index (χ0v) is 13.5. The van der Waals surface area contributed by atoms with Gasteiger partial charge in [0.25, 0.3) is 0 Å². The standard InChI is InChI=1S/C21H12O2S/c22-19-13-7-1-2-8-14(13)20(23)18(19)16-10-5-9-15-12-6-3-4-11-17(12)24-21(15)16/h1-11,18H. The Balaban J connectivity index is 1.79. The third-order valence-corrected chi connectivity index (χ3v) is 5.96. The lowest BCUT2D eigenvalue weighted by atomic mass is 9.93. The van der Waals surface area contributed by atoms with Crippen molar-refractivity contribution in [1.29, 1.82) is 0 Å². The van der Waals surface area contributed by atoms with Gasteiger partial charge >= 0.3 is 0 Å². The van der Waals surface area contributed by atoms with E-state index in [0.29, 0.717) is 11.1 Å². The van der Waals surface area contributed by atoms with Crippen molar-refractivity contribution in [3.63, 3.8) is 0 Å². The van der Waals surface area contributed by atoms with E-state index >= 15 is 0 Å². The van der Waals surface area contributed by atoms with Gasteiger partial charge in [-0.05, 0) is 11.6 Å². The lowest BCUT2D eigenvalue weighted by Gasteiger charge is -2.08. The summed E-state index contributed by atoms with van der Waals surface area (Å²) in [7, 11) is 0. The molecule has 5 rings (SSSR count). The molecule has 0 spiro atoms. The SMILES string of the molecule is O=C1c2ccccc2C(=O)C1c1cccc2c1sc1ccccc12. The van der Waals surface area contributed by atoms with Crippen LogP contribution in [0.3, 0.4) is 0 Å². The Morgan fingerprint density at radius 3 is 2.04 bits per heavy atom. The second-order valence-electron chi connectivity index (χ2n) is 6.03. The molecule has 1 aliphatic carbocycles. The lowest BCUT2D eigenvalue weighted by Crippen LogP contribution is -2.12. The highest BCUT2D eigenvalue weighted by molar-refractivity contribution is 7.26. The van der Waals surface area contributed by atoms with Crippen LogP contribution in [0.5, 0.6) is 0 Å². The van der Waals surface area contributed by atoms with Crippen molar-refractivity contribution in [2.75, 3.05) is 0 Å². The third kappa shape index (κ3) is 1.70. The number of rotatable bonds is 1. The number of carbonyl (C=O) groups is 2. The summed E-state index contributed by atoms with van der Waals surface area (Å²) in [5.41, 5.74) is 1.93. The Labute approximate surface area is 142 Å². The van der Waals surface area contributed by atoms with Gasteiger partial charge in [0.2, 0.25) is 0 Å². The molecule has 4 aromatic rings. The van der Waals surface area contributed by atoms with Crippen molar-refractivity contribution in [2.24, 2.45) is 0 Å². The number of hydrogen-bond donors (Lipinski definition) is 0. The summed E-state index contributed by atoms with van der Waals surface area (Å²) in [5, 5.41) is 2.29. The summed E-state index contributed by atoms with van der Waals surface area (Å²) in [6, 6.07) is 21.3. The largest absolute Gasteiger partial charge is 0.293 e. The van der Waals surface area contributed by atoms with E-state index in [9.17, 15) is 9.59 Å². The van der Waals surface area contributed by atoms with Gasteiger partial charge in [-0.25, -0.2) is 0 Å². The molecule has 114 valence electrons. The van der Waals surface area contributed by atoms with Crippen molar-refractivity contribution in [1.82, 2.24) is 0 Å². The molecule has 0 atom stereocenters. The Morgan fingerprint density at radius 2 is 1.29 bits per heavy atom. The average Bonchev–Trinajstić information content (AvgIpc) is 3.12. The molecule has 2 nitrogen and oxygen atoms in total. The summed E-state index contributed by atoms with van der Waals surface area (Å²) in [6.07, 6.45) is 0. The predicted molar refractivity (Wildman–Crippen MR) is 97.2 cm³/mol. The highest BCUT2D eigenvalue weighted by atomic mass is 32.1. The molecule has 1 heterocycles. The smallest absolute Gasteiger partial charge is 0.178 e. The fraction of sp³-hybridized carbons (Fsp3) is 0.0476. The van der Waals surface area contributed by atoms with Crippen molar-refractivity contribution >= 4 is 43.1 Å². The molecule has 3 heteroatoms. The summed E-state index contributed by atoms with van der Waals surface area (Å²) >= 11 is 1.65. The first kappa shape index (κ1) is 13.6. The molecule has 0 amide bonds. The van der Waals surface area contributed by atoms with Crippen LogP contribution in [-0.4, -0.2) is 11.6 Å². The maximum absolute atomic E-state index is 12.9. The second-order valence-corrected chi connectivity index (χ2v) is 7.08. The summed E-state index contributed by atoms with van der Waals surface area (Å²) in [4.78, 5) is 25.7. The molecule has 0 fully saturated rings.